The van der Waals surface area contributed by atoms with Gasteiger partial charge in [-0.2, -0.15) is 0 Å². The van der Waals surface area contributed by atoms with Crippen LogP contribution >= 0.6 is 0 Å². The fourth-order valence-electron chi connectivity index (χ4n) is 3.92. The first-order valence-corrected chi connectivity index (χ1v) is 9.65. The number of benzene rings is 2. The van der Waals surface area contributed by atoms with E-state index in [9.17, 15) is 4.79 Å². The number of hydrogen-bond donors (Lipinski definition) is 0. The summed E-state index contributed by atoms with van der Waals surface area (Å²) in [6.07, 6.45) is -0.440. The lowest BCUT2D eigenvalue weighted by atomic mass is 9.96. The largest absolute Gasteiger partial charge is 0.376 e. The maximum Gasteiger partial charge on any atom is 0.254 e. The zero-order valence-electron chi connectivity index (χ0n) is 15.5. The van der Waals surface area contributed by atoms with Gasteiger partial charge in [0.15, 0.2) is 6.10 Å². The molecule has 27 heavy (non-hydrogen) atoms. The molecule has 0 radical (unpaired) electrons. The summed E-state index contributed by atoms with van der Waals surface area (Å²) < 4.78 is 11.0. The second kappa shape index (κ2) is 8.65. The van der Waals surface area contributed by atoms with Crippen molar-refractivity contribution in [2.45, 2.75) is 12.1 Å². The number of amides is 1. The van der Waals surface area contributed by atoms with Crippen molar-refractivity contribution < 1.29 is 14.3 Å². The SMILES string of the molecule is O=C([C@H]1COCCO1)N1CCN(C(c2ccccc2)c2ccccc2)CC1. The van der Waals surface area contributed by atoms with Gasteiger partial charge in [-0.25, -0.2) is 0 Å². The Bertz CT molecular complexity index is 684. The first kappa shape index (κ1) is 18.2. The van der Waals surface area contributed by atoms with Crippen molar-refractivity contribution in [2.24, 2.45) is 0 Å². The number of rotatable bonds is 4. The van der Waals surface area contributed by atoms with Crippen molar-refractivity contribution in [1.29, 1.82) is 0 Å². The van der Waals surface area contributed by atoms with Crippen molar-refractivity contribution in [3.8, 4) is 0 Å². The van der Waals surface area contributed by atoms with E-state index in [1.807, 2.05) is 4.90 Å². The summed E-state index contributed by atoms with van der Waals surface area (Å²) in [5.74, 6) is 0.0605. The van der Waals surface area contributed by atoms with Crippen LogP contribution in [0.1, 0.15) is 17.2 Å². The quantitative estimate of drug-likeness (QED) is 0.833. The van der Waals surface area contributed by atoms with E-state index in [0.717, 1.165) is 26.2 Å². The van der Waals surface area contributed by atoms with Gasteiger partial charge in [-0.1, -0.05) is 60.7 Å². The van der Waals surface area contributed by atoms with Gasteiger partial charge in [0.05, 0.1) is 25.9 Å². The van der Waals surface area contributed by atoms with E-state index in [1.165, 1.54) is 11.1 Å². The van der Waals surface area contributed by atoms with Crippen molar-refractivity contribution in [3.05, 3.63) is 71.8 Å². The Balaban J connectivity index is 1.46. The molecule has 0 spiro atoms. The van der Waals surface area contributed by atoms with Crippen LogP contribution in [0.15, 0.2) is 60.7 Å². The van der Waals surface area contributed by atoms with E-state index < -0.39 is 6.10 Å². The van der Waals surface area contributed by atoms with E-state index >= 15 is 0 Å². The Morgan fingerprint density at radius 3 is 1.96 bits per heavy atom. The molecule has 2 heterocycles. The van der Waals surface area contributed by atoms with Crippen LogP contribution in [0.25, 0.3) is 0 Å². The molecule has 2 aliphatic heterocycles. The second-order valence-corrected chi connectivity index (χ2v) is 7.02. The first-order chi connectivity index (χ1) is 13.3. The summed E-state index contributed by atoms with van der Waals surface area (Å²) in [7, 11) is 0. The Morgan fingerprint density at radius 2 is 1.44 bits per heavy atom. The summed E-state index contributed by atoms with van der Waals surface area (Å²) >= 11 is 0. The molecule has 5 nitrogen and oxygen atoms in total. The third-order valence-corrected chi connectivity index (χ3v) is 5.31. The van der Waals surface area contributed by atoms with Crippen LogP contribution in [0.3, 0.4) is 0 Å². The Hall–Kier alpha value is -2.21. The molecule has 5 heteroatoms. The number of piperazine rings is 1. The standard InChI is InChI=1S/C22H26N2O3/c25-22(20-17-26-15-16-27-20)24-13-11-23(12-14-24)21(18-7-3-1-4-8-18)19-9-5-2-6-10-19/h1-10,20-21H,11-17H2/t20-/m1/s1. The van der Waals surface area contributed by atoms with Gasteiger partial charge < -0.3 is 14.4 Å². The van der Waals surface area contributed by atoms with Crippen molar-refractivity contribution in [3.63, 3.8) is 0 Å². The Labute approximate surface area is 160 Å². The molecular weight excluding hydrogens is 340 g/mol. The molecule has 0 bridgehead atoms. The van der Waals surface area contributed by atoms with Crippen LogP contribution in [-0.4, -0.2) is 67.8 Å². The molecular formula is C22H26N2O3. The zero-order valence-corrected chi connectivity index (χ0v) is 15.5. The van der Waals surface area contributed by atoms with Gasteiger partial charge in [-0.05, 0) is 11.1 Å². The number of hydrogen-bond acceptors (Lipinski definition) is 4. The molecule has 2 aromatic rings. The monoisotopic (exact) mass is 366 g/mol. The molecule has 0 unspecified atom stereocenters. The number of nitrogens with zero attached hydrogens (tertiary/aromatic N) is 2. The molecule has 2 aliphatic rings. The molecule has 0 N–H and O–H groups in total. The van der Waals surface area contributed by atoms with Gasteiger partial charge in [0.2, 0.25) is 0 Å². The fourth-order valence-corrected chi connectivity index (χ4v) is 3.92. The lowest BCUT2D eigenvalue weighted by molar-refractivity contribution is -0.159. The number of carbonyl (C=O) groups excluding carboxylic acids is 1. The van der Waals surface area contributed by atoms with Crippen LogP contribution in [0.4, 0.5) is 0 Å². The van der Waals surface area contributed by atoms with Crippen molar-refractivity contribution in [1.82, 2.24) is 9.80 Å². The zero-order chi connectivity index (χ0) is 18.5. The fraction of sp³-hybridized carbons (Fsp3) is 0.409. The summed E-state index contributed by atoms with van der Waals surface area (Å²) in [6, 6.07) is 21.4. The van der Waals surface area contributed by atoms with E-state index in [2.05, 4.69) is 65.6 Å². The predicted molar refractivity (Wildman–Crippen MR) is 103 cm³/mol. The molecule has 1 amide bonds. The van der Waals surface area contributed by atoms with Crippen LogP contribution in [0.2, 0.25) is 0 Å². The molecule has 4 rings (SSSR count). The maximum atomic E-state index is 12.7. The molecule has 0 aliphatic carbocycles. The minimum Gasteiger partial charge on any atom is -0.376 e. The molecule has 1 atom stereocenters. The van der Waals surface area contributed by atoms with E-state index in [1.54, 1.807) is 0 Å². The highest BCUT2D eigenvalue weighted by Gasteiger charge is 2.32. The topological polar surface area (TPSA) is 42.0 Å². The van der Waals surface area contributed by atoms with Gasteiger partial charge in [0, 0.05) is 26.2 Å². The lowest BCUT2D eigenvalue weighted by Gasteiger charge is -2.40. The van der Waals surface area contributed by atoms with E-state index in [4.69, 9.17) is 9.47 Å². The first-order valence-electron chi connectivity index (χ1n) is 9.65. The Kier molecular flexibility index (Phi) is 5.82. The van der Waals surface area contributed by atoms with Gasteiger partial charge >= 0.3 is 0 Å². The van der Waals surface area contributed by atoms with Gasteiger partial charge in [-0.3, -0.25) is 9.69 Å². The van der Waals surface area contributed by atoms with Gasteiger partial charge in [0.25, 0.3) is 5.91 Å². The molecule has 2 aromatic carbocycles. The summed E-state index contributed by atoms with van der Waals surface area (Å²) in [5.41, 5.74) is 2.57. The average molecular weight is 366 g/mol. The smallest absolute Gasteiger partial charge is 0.254 e. The number of carbonyl (C=O) groups is 1. The van der Waals surface area contributed by atoms with Crippen LogP contribution in [0.5, 0.6) is 0 Å². The van der Waals surface area contributed by atoms with Crippen molar-refractivity contribution >= 4 is 5.91 Å². The summed E-state index contributed by atoms with van der Waals surface area (Å²) in [4.78, 5) is 17.1. The molecule has 0 saturated carbocycles. The highest BCUT2D eigenvalue weighted by atomic mass is 16.6. The normalized spacial score (nSPS) is 21.4. The minimum absolute atomic E-state index is 0.0605. The average Bonchev–Trinajstić information content (AvgIpc) is 2.76. The molecule has 142 valence electrons. The van der Waals surface area contributed by atoms with E-state index in [0.29, 0.717) is 19.8 Å². The summed E-state index contributed by atoms with van der Waals surface area (Å²) in [6.45, 7) is 4.56. The molecule has 2 fully saturated rings. The third-order valence-electron chi connectivity index (χ3n) is 5.31. The predicted octanol–water partition coefficient (Wildman–Crippen LogP) is 2.34. The lowest BCUT2D eigenvalue weighted by Crippen LogP contribution is -2.54. The Morgan fingerprint density at radius 1 is 0.852 bits per heavy atom. The van der Waals surface area contributed by atoms with Gasteiger partial charge in [0.1, 0.15) is 0 Å². The van der Waals surface area contributed by atoms with Crippen LogP contribution in [-0.2, 0) is 14.3 Å². The number of ether oxygens (including phenoxy) is 2. The van der Waals surface area contributed by atoms with Crippen LogP contribution in [0, 0.1) is 0 Å². The van der Waals surface area contributed by atoms with E-state index in [-0.39, 0.29) is 11.9 Å². The highest BCUT2D eigenvalue weighted by molar-refractivity contribution is 5.81. The van der Waals surface area contributed by atoms with Crippen LogP contribution < -0.4 is 0 Å². The summed E-state index contributed by atoms with van der Waals surface area (Å²) in [5, 5.41) is 0. The highest BCUT2D eigenvalue weighted by Crippen LogP contribution is 2.29. The molecule has 0 aromatic heterocycles. The molecule has 2 saturated heterocycles. The maximum absolute atomic E-state index is 12.7. The third kappa shape index (κ3) is 4.21. The second-order valence-electron chi connectivity index (χ2n) is 7.02. The van der Waals surface area contributed by atoms with Crippen molar-refractivity contribution in [2.75, 3.05) is 46.0 Å². The minimum atomic E-state index is -0.440. The van der Waals surface area contributed by atoms with Gasteiger partial charge in [-0.15, -0.1) is 0 Å².